The summed E-state index contributed by atoms with van der Waals surface area (Å²) in [6.07, 6.45) is 0. The van der Waals surface area contributed by atoms with Crippen molar-refractivity contribution in [3.05, 3.63) is 90.0 Å². The minimum atomic E-state index is -4.64. The molecule has 0 fully saturated rings. The molecule has 0 aliphatic rings. The van der Waals surface area contributed by atoms with Gasteiger partial charge in [-0.05, 0) is 47.5 Å². The van der Waals surface area contributed by atoms with Crippen LogP contribution in [-0.2, 0) is 9.98 Å². The number of aromatic hydroxyl groups is 3. The molecule has 3 aromatic rings. The van der Waals surface area contributed by atoms with E-state index in [4.69, 9.17) is 24.4 Å². The standard InChI is InChI=1S/C15H16O2.C6H6O.H3O4P/c1-15(2,11-3-7-13(16)8-4-11)12-5-9-14(17)10-6-12;7-6-4-2-1-3-5-6;1-5(2,3)4/h3-10,16-17H,1-2H3;1-5,7H;(H3,1,2,3,4). The average molecular weight is 420 g/mol. The van der Waals surface area contributed by atoms with E-state index < -0.39 is 7.82 Å². The number of phenolic OH excluding ortho intramolecular Hbond substituents is 3. The maximum atomic E-state index is 9.30. The molecule has 0 heterocycles. The zero-order valence-corrected chi connectivity index (χ0v) is 16.9. The molecular weight excluding hydrogens is 395 g/mol. The summed E-state index contributed by atoms with van der Waals surface area (Å²) in [5.74, 6) is 0.869. The minimum absolute atomic E-state index is 0.151. The number of benzene rings is 3. The third-order valence-electron chi connectivity index (χ3n) is 3.93. The maximum Gasteiger partial charge on any atom is 0.466 e. The second-order valence-corrected chi connectivity index (χ2v) is 7.59. The van der Waals surface area contributed by atoms with Crippen LogP contribution in [0.2, 0.25) is 0 Å². The zero-order valence-electron chi connectivity index (χ0n) is 16.0. The molecule has 0 saturated heterocycles. The van der Waals surface area contributed by atoms with Crippen molar-refractivity contribution in [2.45, 2.75) is 19.3 Å². The Morgan fingerprint density at radius 3 is 1.10 bits per heavy atom. The topological polar surface area (TPSA) is 138 Å². The van der Waals surface area contributed by atoms with E-state index in [1.165, 1.54) is 0 Å². The van der Waals surface area contributed by atoms with Crippen LogP contribution in [0.25, 0.3) is 0 Å². The molecule has 0 aromatic heterocycles. The number of phenols is 3. The Bertz CT molecular complexity index is 846. The molecule has 0 atom stereocenters. The number of hydrogen-bond acceptors (Lipinski definition) is 4. The summed E-state index contributed by atoms with van der Waals surface area (Å²) in [5.41, 5.74) is 2.10. The monoisotopic (exact) mass is 420 g/mol. The summed E-state index contributed by atoms with van der Waals surface area (Å²) >= 11 is 0. The second-order valence-electron chi connectivity index (χ2n) is 6.57. The van der Waals surface area contributed by atoms with Crippen molar-refractivity contribution in [2.75, 3.05) is 0 Å². The van der Waals surface area contributed by atoms with Gasteiger partial charge >= 0.3 is 7.82 Å². The first kappa shape index (κ1) is 24.2. The van der Waals surface area contributed by atoms with E-state index >= 15 is 0 Å². The van der Waals surface area contributed by atoms with E-state index in [1.54, 1.807) is 48.5 Å². The van der Waals surface area contributed by atoms with E-state index in [0.717, 1.165) is 11.1 Å². The van der Waals surface area contributed by atoms with Gasteiger partial charge in [-0.2, -0.15) is 0 Å². The van der Waals surface area contributed by atoms with Gasteiger partial charge in [-0.15, -0.1) is 0 Å². The quantitative estimate of drug-likeness (QED) is 0.346. The smallest absolute Gasteiger partial charge is 0.466 e. The van der Waals surface area contributed by atoms with E-state index in [-0.39, 0.29) is 16.9 Å². The van der Waals surface area contributed by atoms with E-state index in [9.17, 15) is 10.2 Å². The van der Waals surface area contributed by atoms with Crippen molar-refractivity contribution in [3.8, 4) is 17.2 Å². The highest BCUT2D eigenvalue weighted by Crippen LogP contribution is 2.32. The van der Waals surface area contributed by atoms with Gasteiger partial charge in [-0.1, -0.05) is 56.3 Å². The second kappa shape index (κ2) is 10.6. The lowest BCUT2D eigenvalue weighted by molar-refractivity contribution is 0.275. The summed E-state index contributed by atoms with van der Waals surface area (Å²) in [6, 6.07) is 23.2. The van der Waals surface area contributed by atoms with E-state index in [0.29, 0.717) is 5.75 Å². The molecule has 0 aliphatic heterocycles. The fourth-order valence-electron chi connectivity index (χ4n) is 2.35. The predicted molar refractivity (Wildman–Crippen MR) is 111 cm³/mol. The van der Waals surface area contributed by atoms with Gasteiger partial charge in [0.1, 0.15) is 17.2 Å². The third kappa shape index (κ3) is 9.78. The summed E-state index contributed by atoms with van der Waals surface area (Å²) in [6.45, 7) is 4.23. The van der Waals surface area contributed by atoms with Gasteiger partial charge in [-0.25, -0.2) is 4.57 Å². The molecule has 8 heteroatoms. The first-order chi connectivity index (χ1) is 13.4. The molecule has 0 radical (unpaired) electrons. The summed E-state index contributed by atoms with van der Waals surface area (Å²) in [4.78, 5) is 21.6. The van der Waals surface area contributed by atoms with Crippen LogP contribution in [0.5, 0.6) is 17.2 Å². The molecule has 0 aliphatic carbocycles. The number of hydrogen-bond donors (Lipinski definition) is 6. The fourth-order valence-corrected chi connectivity index (χ4v) is 2.35. The Morgan fingerprint density at radius 2 is 0.862 bits per heavy atom. The Labute approximate surface area is 169 Å². The number of rotatable bonds is 2. The van der Waals surface area contributed by atoms with E-state index in [1.807, 2.05) is 30.3 Å². The molecule has 3 aromatic carbocycles. The number of para-hydroxylation sites is 1. The van der Waals surface area contributed by atoms with Crippen molar-refractivity contribution < 1.29 is 34.6 Å². The fraction of sp³-hybridized carbons (Fsp3) is 0.143. The predicted octanol–water partition coefficient (Wildman–Crippen LogP) is 3.89. The van der Waals surface area contributed by atoms with Crippen LogP contribution in [0.4, 0.5) is 0 Å². The van der Waals surface area contributed by atoms with Crippen molar-refractivity contribution in [3.63, 3.8) is 0 Å². The summed E-state index contributed by atoms with van der Waals surface area (Å²) < 4.78 is 8.88. The lowest BCUT2D eigenvalue weighted by Crippen LogP contribution is -2.18. The van der Waals surface area contributed by atoms with Crippen molar-refractivity contribution >= 4 is 7.82 Å². The van der Waals surface area contributed by atoms with Crippen LogP contribution in [0, 0.1) is 0 Å². The van der Waals surface area contributed by atoms with Gasteiger partial charge in [0, 0.05) is 5.41 Å². The number of phosphoric acid groups is 1. The highest BCUT2D eigenvalue weighted by molar-refractivity contribution is 7.45. The van der Waals surface area contributed by atoms with Gasteiger partial charge in [0.15, 0.2) is 0 Å². The van der Waals surface area contributed by atoms with Crippen LogP contribution < -0.4 is 0 Å². The van der Waals surface area contributed by atoms with Crippen molar-refractivity contribution in [2.24, 2.45) is 0 Å². The van der Waals surface area contributed by atoms with E-state index in [2.05, 4.69) is 13.8 Å². The van der Waals surface area contributed by atoms with Crippen molar-refractivity contribution in [1.82, 2.24) is 0 Å². The van der Waals surface area contributed by atoms with Crippen LogP contribution in [0.3, 0.4) is 0 Å². The van der Waals surface area contributed by atoms with Gasteiger partial charge in [-0.3, -0.25) is 0 Å². The van der Waals surface area contributed by atoms with Gasteiger partial charge in [0.05, 0.1) is 0 Å². The Kier molecular flexibility index (Phi) is 8.88. The zero-order chi connectivity index (χ0) is 22.1. The molecule has 0 saturated carbocycles. The molecule has 0 unspecified atom stereocenters. The molecule has 0 bridgehead atoms. The Morgan fingerprint density at radius 1 is 0.586 bits per heavy atom. The summed E-state index contributed by atoms with van der Waals surface area (Å²) in [5, 5.41) is 27.2. The third-order valence-corrected chi connectivity index (χ3v) is 3.93. The lowest BCUT2D eigenvalue weighted by atomic mass is 9.78. The molecule has 3 rings (SSSR count). The Balaban J connectivity index is 0.000000288. The molecule has 6 N–H and O–H groups in total. The summed E-state index contributed by atoms with van der Waals surface area (Å²) in [7, 11) is -4.64. The van der Waals surface area contributed by atoms with Crippen LogP contribution in [-0.4, -0.2) is 30.0 Å². The normalized spacial score (nSPS) is 10.8. The van der Waals surface area contributed by atoms with Crippen LogP contribution >= 0.6 is 7.82 Å². The van der Waals surface area contributed by atoms with Gasteiger partial charge in [0.2, 0.25) is 0 Å². The maximum absolute atomic E-state index is 9.30. The molecule has 29 heavy (non-hydrogen) atoms. The first-order valence-corrected chi connectivity index (χ1v) is 10.1. The minimum Gasteiger partial charge on any atom is -0.508 e. The molecule has 7 nitrogen and oxygen atoms in total. The molecular formula is C21H25O7P. The largest absolute Gasteiger partial charge is 0.508 e. The first-order valence-electron chi connectivity index (χ1n) is 8.51. The van der Waals surface area contributed by atoms with Crippen LogP contribution in [0.15, 0.2) is 78.9 Å². The van der Waals surface area contributed by atoms with Gasteiger partial charge < -0.3 is 30.0 Å². The highest BCUT2D eigenvalue weighted by atomic mass is 31.2. The average Bonchev–Trinajstić information content (AvgIpc) is 2.62. The molecule has 156 valence electrons. The molecule has 0 amide bonds. The van der Waals surface area contributed by atoms with Crippen molar-refractivity contribution in [1.29, 1.82) is 0 Å². The lowest BCUT2D eigenvalue weighted by Gasteiger charge is -2.26. The Hall–Kier alpha value is -2.83. The molecule has 0 spiro atoms. The highest BCUT2D eigenvalue weighted by Gasteiger charge is 2.22. The van der Waals surface area contributed by atoms with Gasteiger partial charge in [0.25, 0.3) is 0 Å². The van der Waals surface area contributed by atoms with Crippen LogP contribution in [0.1, 0.15) is 25.0 Å². The SMILES string of the molecule is CC(C)(c1ccc(O)cc1)c1ccc(O)cc1.O=P(O)(O)O.Oc1ccccc1.